The molecule has 0 amide bonds. The molecule has 3 nitrogen and oxygen atoms in total. The van der Waals surface area contributed by atoms with E-state index in [1.165, 1.54) is 0 Å². The quantitative estimate of drug-likeness (QED) is 0.351. The van der Waals surface area contributed by atoms with Crippen molar-refractivity contribution in [2.24, 2.45) is 5.92 Å². The van der Waals surface area contributed by atoms with Gasteiger partial charge in [0.1, 0.15) is 0 Å². The Morgan fingerprint density at radius 1 is 1.62 bits per heavy atom. The van der Waals surface area contributed by atoms with Crippen molar-refractivity contribution in [2.75, 3.05) is 5.75 Å². The molecule has 1 unspecified atom stereocenters. The van der Waals surface area contributed by atoms with Crippen LogP contribution in [-0.4, -0.2) is 18.7 Å². The van der Waals surface area contributed by atoms with Crippen molar-refractivity contribution in [3.63, 3.8) is 0 Å². The molecule has 0 spiro atoms. The Morgan fingerprint density at radius 2 is 2.15 bits per heavy atom. The third-order valence-electron chi connectivity index (χ3n) is 1.64. The van der Waals surface area contributed by atoms with Crippen molar-refractivity contribution in [2.45, 2.75) is 26.2 Å². The summed E-state index contributed by atoms with van der Waals surface area (Å²) in [5, 5.41) is 0. The predicted octanol–water partition coefficient (Wildman–Crippen LogP) is -1.02. The second-order valence-electron chi connectivity index (χ2n) is 2.93. The van der Waals surface area contributed by atoms with Gasteiger partial charge in [-0.15, -0.1) is 6.58 Å². The average Bonchev–Trinajstić information content (AvgIpc) is 1.84. The molecule has 0 aliphatic rings. The molecule has 0 aromatic heterocycles. The van der Waals surface area contributed by atoms with E-state index in [0.29, 0.717) is 6.42 Å². The fourth-order valence-electron chi connectivity index (χ4n) is 1.21. The topological polar surface area (TPSA) is 54.4 Å². The minimum absolute atomic E-state index is 0. The number of rotatable bonds is 6. The van der Waals surface area contributed by atoms with Gasteiger partial charge in [0.2, 0.25) is 0 Å². The van der Waals surface area contributed by atoms with Crippen molar-refractivity contribution in [3.8, 4) is 0 Å². The molecule has 0 saturated heterocycles. The first-order chi connectivity index (χ1) is 5.49. The molecular formula is C8H17NaO3S. The maximum Gasteiger partial charge on any atom is 1.00 e. The van der Waals surface area contributed by atoms with Crippen LogP contribution in [0.5, 0.6) is 0 Å². The first-order valence-corrected chi connectivity index (χ1v) is 5.66. The number of hydrogen-bond donors (Lipinski definition) is 1. The standard InChI is InChI=1S/C8H16O3S.Na.H/c1-3-5-8(6-4-2)7-12(9,10)11;;/h3,8H,1,4-7H2,2H3,(H,9,10,11);;/q;+1;-1. The van der Waals surface area contributed by atoms with Crippen molar-refractivity contribution in [1.29, 1.82) is 0 Å². The summed E-state index contributed by atoms with van der Waals surface area (Å²) in [7, 11) is -3.82. The summed E-state index contributed by atoms with van der Waals surface area (Å²) in [6.07, 6.45) is 4.07. The van der Waals surface area contributed by atoms with E-state index in [4.69, 9.17) is 4.55 Å². The molecule has 13 heavy (non-hydrogen) atoms. The Bertz CT molecular complexity index is 229. The maximum atomic E-state index is 10.5. The van der Waals surface area contributed by atoms with E-state index < -0.39 is 10.1 Å². The summed E-state index contributed by atoms with van der Waals surface area (Å²) in [5.74, 6) is -0.130. The van der Waals surface area contributed by atoms with Crippen LogP contribution in [0.2, 0.25) is 0 Å². The van der Waals surface area contributed by atoms with Crippen LogP contribution < -0.4 is 29.6 Å². The van der Waals surface area contributed by atoms with Gasteiger partial charge in [0, 0.05) is 0 Å². The second kappa shape index (κ2) is 8.00. The molecule has 0 aromatic rings. The van der Waals surface area contributed by atoms with Crippen LogP contribution in [0.15, 0.2) is 12.7 Å². The van der Waals surface area contributed by atoms with Crippen LogP contribution in [0.3, 0.4) is 0 Å². The molecular weight excluding hydrogens is 199 g/mol. The van der Waals surface area contributed by atoms with Gasteiger partial charge >= 0.3 is 29.6 Å². The second-order valence-corrected chi connectivity index (χ2v) is 4.42. The molecule has 0 rings (SSSR count). The predicted molar refractivity (Wildman–Crippen MR) is 50.7 cm³/mol. The number of allylic oxidation sites excluding steroid dienone is 1. The zero-order chi connectivity index (χ0) is 9.61. The minimum atomic E-state index is -3.82. The Labute approximate surface area is 104 Å². The molecule has 0 heterocycles. The van der Waals surface area contributed by atoms with E-state index in [0.717, 1.165) is 12.8 Å². The van der Waals surface area contributed by atoms with E-state index in [1.807, 2.05) is 6.92 Å². The Hall–Kier alpha value is 0.650. The van der Waals surface area contributed by atoms with E-state index in [-0.39, 0.29) is 42.7 Å². The summed E-state index contributed by atoms with van der Waals surface area (Å²) in [6.45, 7) is 5.52. The fraction of sp³-hybridized carbons (Fsp3) is 0.750. The zero-order valence-electron chi connectivity index (χ0n) is 9.36. The van der Waals surface area contributed by atoms with Gasteiger partial charge < -0.3 is 1.43 Å². The first kappa shape index (κ1) is 16.1. The molecule has 0 fully saturated rings. The van der Waals surface area contributed by atoms with Crippen LogP contribution in [0.4, 0.5) is 0 Å². The Kier molecular flexibility index (Phi) is 9.90. The van der Waals surface area contributed by atoms with Crippen molar-refractivity contribution >= 4 is 10.1 Å². The van der Waals surface area contributed by atoms with Gasteiger partial charge in [-0.05, 0) is 18.8 Å². The summed E-state index contributed by atoms with van der Waals surface area (Å²) >= 11 is 0. The zero-order valence-corrected chi connectivity index (χ0v) is 11.2. The summed E-state index contributed by atoms with van der Waals surface area (Å²) < 4.78 is 29.6. The molecule has 0 aromatic carbocycles. The fourth-order valence-corrected chi connectivity index (χ4v) is 2.11. The molecule has 0 aliphatic heterocycles. The number of hydrogen-bond acceptors (Lipinski definition) is 2. The van der Waals surface area contributed by atoms with Gasteiger partial charge in [-0.1, -0.05) is 19.4 Å². The third-order valence-corrected chi connectivity index (χ3v) is 2.54. The molecule has 0 bridgehead atoms. The monoisotopic (exact) mass is 216 g/mol. The summed E-state index contributed by atoms with van der Waals surface area (Å²) in [6, 6.07) is 0. The van der Waals surface area contributed by atoms with Crippen LogP contribution in [0, 0.1) is 5.92 Å². The van der Waals surface area contributed by atoms with E-state index in [9.17, 15) is 8.42 Å². The Balaban J connectivity index is -0.000000605. The normalized spacial score (nSPS) is 13.1. The molecule has 0 aliphatic carbocycles. The van der Waals surface area contributed by atoms with Crippen LogP contribution in [0.1, 0.15) is 27.6 Å². The first-order valence-electron chi connectivity index (χ1n) is 4.05. The summed E-state index contributed by atoms with van der Waals surface area (Å²) in [5.41, 5.74) is 0. The largest absolute Gasteiger partial charge is 1.00 e. The van der Waals surface area contributed by atoms with Crippen molar-refractivity contribution in [1.82, 2.24) is 0 Å². The van der Waals surface area contributed by atoms with E-state index >= 15 is 0 Å². The van der Waals surface area contributed by atoms with Gasteiger partial charge in [-0.3, -0.25) is 4.55 Å². The van der Waals surface area contributed by atoms with E-state index in [2.05, 4.69) is 6.58 Å². The molecule has 5 heteroatoms. The minimum Gasteiger partial charge on any atom is -1.00 e. The van der Waals surface area contributed by atoms with Crippen LogP contribution in [0.25, 0.3) is 0 Å². The van der Waals surface area contributed by atoms with Gasteiger partial charge in [-0.2, -0.15) is 8.42 Å². The van der Waals surface area contributed by atoms with Gasteiger partial charge in [0.25, 0.3) is 10.1 Å². The molecule has 74 valence electrons. The maximum absolute atomic E-state index is 10.5. The average molecular weight is 216 g/mol. The van der Waals surface area contributed by atoms with Gasteiger partial charge in [-0.25, -0.2) is 0 Å². The molecule has 0 radical (unpaired) electrons. The molecule has 0 saturated carbocycles. The summed E-state index contributed by atoms with van der Waals surface area (Å²) in [4.78, 5) is 0. The molecule has 1 atom stereocenters. The van der Waals surface area contributed by atoms with Crippen LogP contribution >= 0.6 is 0 Å². The molecule has 1 N–H and O–H groups in total. The van der Waals surface area contributed by atoms with Gasteiger partial charge in [0.05, 0.1) is 5.75 Å². The van der Waals surface area contributed by atoms with Gasteiger partial charge in [0.15, 0.2) is 0 Å². The third kappa shape index (κ3) is 10.6. The smallest absolute Gasteiger partial charge is 1.00 e. The van der Waals surface area contributed by atoms with Crippen molar-refractivity contribution < 1.29 is 44.0 Å². The Morgan fingerprint density at radius 3 is 2.46 bits per heavy atom. The SMILES string of the molecule is C=CCC(CCC)CS(=O)(=O)O.[H-].[Na+]. The van der Waals surface area contributed by atoms with Crippen molar-refractivity contribution in [3.05, 3.63) is 12.7 Å². The van der Waals surface area contributed by atoms with Crippen LogP contribution in [-0.2, 0) is 10.1 Å². The van der Waals surface area contributed by atoms with E-state index in [1.54, 1.807) is 6.08 Å².